The lowest BCUT2D eigenvalue weighted by molar-refractivity contribution is 0.102. The molecule has 0 aliphatic carbocycles. The van der Waals surface area contributed by atoms with E-state index in [1.807, 2.05) is 23.7 Å². The second-order valence-electron chi connectivity index (χ2n) is 8.79. The van der Waals surface area contributed by atoms with Gasteiger partial charge in [0.15, 0.2) is 5.69 Å². The fraction of sp³-hybridized carbons (Fsp3) is 0.360. The van der Waals surface area contributed by atoms with E-state index >= 15 is 0 Å². The summed E-state index contributed by atoms with van der Waals surface area (Å²) in [7, 11) is 1.67. The number of methoxy groups -OCH3 is 1. The molecular formula is C25H30ClN7O4. The second-order valence-corrected chi connectivity index (χ2v) is 8.79. The van der Waals surface area contributed by atoms with Gasteiger partial charge in [-0.2, -0.15) is 5.10 Å². The third kappa shape index (κ3) is 6.08. The van der Waals surface area contributed by atoms with Crippen LogP contribution >= 0.6 is 11.9 Å². The Hall–Kier alpha value is -3.51. The predicted octanol–water partition coefficient (Wildman–Crippen LogP) is 3.35. The molecule has 0 radical (unpaired) electrons. The number of hydrogen-bond donors (Lipinski definition) is 3. The molecular weight excluding hydrogens is 498 g/mol. The Labute approximate surface area is 219 Å². The highest BCUT2D eigenvalue weighted by Gasteiger charge is 2.22. The molecule has 1 aliphatic heterocycles. The summed E-state index contributed by atoms with van der Waals surface area (Å²) in [5.41, 5.74) is 10.6. The first kappa shape index (κ1) is 26.6. The number of aryl methyl sites for hydroxylation is 1. The number of amides is 1. The number of piperidine rings is 1. The van der Waals surface area contributed by atoms with Crippen LogP contribution in [0.3, 0.4) is 0 Å². The lowest BCUT2D eigenvalue weighted by Gasteiger charge is -2.33. The van der Waals surface area contributed by atoms with Crippen LogP contribution in [0, 0.1) is 6.92 Å². The smallest absolute Gasteiger partial charge is 0.277 e. The minimum atomic E-state index is -0.341. The zero-order valence-corrected chi connectivity index (χ0v) is 21.5. The van der Waals surface area contributed by atoms with Crippen molar-refractivity contribution in [3.8, 4) is 11.5 Å². The Morgan fingerprint density at radius 3 is 2.81 bits per heavy atom. The summed E-state index contributed by atoms with van der Waals surface area (Å²) in [4.78, 5) is 24.0. The standard InChI is InChI=1S/C25H29N7O3.ClHO/c1-16-11-17(3-6-27-16)25-30-21(15-35-25)24(33)29-20-12-18-14-28-32(9-10-34-2)22(18)13-23(20)31-7-4-19(26)5-8-31;1-2/h3,6,11-15,19H,4-5,7-10,26H2,1-2H3,(H,29,33);2H. The molecule has 4 N–H and O–H groups in total. The summed E-state index contributed by atoms with van der Waals surface area (Å²) in [5.74, 6) is 0.0348. The van der Waals surface area contributed by atoms with Crippen LogP contribution in [0.4, 0.5) is 11.4 Å². The summed E-state index contributed by atoms with van der Waals surface area (Å²) in [6, 6.07) is 7.90. The molecule has 4 aromatic rings. The zero-order valence-electron chi connectivity index (χ0n) is 20.7. The van der Waals surface area contributed by atoms with Gasteiger partial charge in [0, 0.05) is 49.1 Å². The number of ether oxygens (including phenoxy) is 1. The van der Waals surface area contributed by atoms with Crippen molar-refractivity contribution < 1.29 is 18.6 Å². The van der Waals surface area contributed by atoms with Crippen molar-refractivity contribution in [2.24, 2.45) is 5.73 Å². The van der Waals surface area contributed by atoms with E-state index in [1.165, 1.54) is 6.26 Å². The van der Waals surface area contributed by atoms with Crippen LogP contribution in [0.2, 0.25) is 0 Å². The van der Waals surface area contributed by atoms with Crippen LogP contribution in [0.1, 0.15) is 29.0 Å². The first-order chi connectivity index (χ1) is 18.0. The quantitative estimate of drug-likeness (QED) is 0.329. The van der Waals surface area contributed by atoms with Crippen molar-refractivity contribution in [2.45, 2.75) is 32.4 Å². The largest absolute Gasteiger partial charge is 0.444 e. The number of nitrogens with two attached hydrogens (primary N) is 1. The van der Waals surface area contributed by atoms with Gasteiger partial charge in [0.1, 0.15) is 6.26 Å². The van der Waals surface area contributed by atoms with Crippen LogP contribution in [-0.2, 0) is 11.3 Å². The van der Waals surface area contributed by atoms with Gasteiger partial charge in [0.25, 0.3) is 5.91 Å². The van der Waals surface area contributed by atoms with E-state index in [2.05, 4.69) is 43.2 Å². The van der Waals surface area contributed by atoms with Gasteiger partial charge >= 0.3 is 0 Å². The number of pyridine rings is 1. The third-order valence-corrected chi connectivity index (χ3v) is 6.28. The van der Waals surface area contributed by atoms with Crippen molar-refractivity contribution >= 4 is 40.1 Å². The highest BCUT2D eigenvalue weighted by atomic mass is 35.5. The summed E-state index contributed by atoms with van der Waals surface area (Å²) in [6.45, 7) is 4.73. The van der Waals surface area contributed by atoms with Crippen LogP contribution in [0.5, 0.6) is 0 Å². The first-order valence-electron chi connectivity index (χ1n) is 11.9. The van der Waals surface area contributed by atoms with Gasteiger partial charge in [-0.1, -0.05) is 0 Å². The van der Waals surface area contributed by atoms with Gasteiger partial charge in [-0.05, 0) is 44.0 Å². The van der Waals surface area contributed by atoms with E-state index in [9.17, 15) is 4.79 Å². The van der Waals surface area contributed by atoms with Crippen LogP contribution in [0.15, 0.2) is 47.3 Å². The molecule has 11 nitrogen and oxygen atoms in total. The number of halogens is 1. The van der Waals surface area contributed by atoms with E-state index in [0.29, 0.717) is 24.7 Å². The van der Waals surface area contributed by atoms with Gasteiger partial charge in [0.05, 0.1) is 48.1 Å². The third-order valence-electron chi connectivity index (χ3n) is 6.28. The number of carbonyl (C=O) groups excluding carboxylic acids is 1. The van der Waals surface area contributed by atoms with E-state index in [4.69, 9.17) is 19.5 Å². The molecule has 196 valence electrons. The maximum absolute atomic E-state index is 13.2. The zero-order chi connectivity index (χ0) is 26.4. The maximum atomic E-state index is 13.2. The maximum Gasteiger partial charge on any atom is 0.277 e. The fourth-order valence-corrected chi connectivity index (χ4v) is 4.35. The predicted molar refractivity (Wildman–Crippen MR) is 142 cm³/mol. The normalized spacial score (nSPS) is 13.9. The molecule has 12 heteroatoms. The average Bonchev–Trinajstić information content (AvgIpc) is 3.56. The fourth-order valence-electron chi connectivity index (χ4n) is 4.35. The van der Waals surface area contributed by atoms with Crippen LogP contribution < -0.4 is 16.0 Å². The monoisotopic (exact) mass is 527 g/mol. The number of fused-ring (bicyclic) bond motifs is 1. The van der Waals surface area contributed by atoms with E-state index < -0.39 is 0 Å². The molecule has 1 saturated heterocycles. The van der Waals surface area contributed by atoms with Crippen molar-refractivity contribution in [3.05, 3.63) is 54.3 Å². The van der Waals surface area contributed by atoms with Gasteiger partial charge in [-0.3, -0.25) is 19.1 Å². The number of carbonyl (C=O) groups is 1. The molecule has 4 heterocycles. The Balaban J connectivity index is 0.00000156. The topological polar surface area (TPSA) is 145 Å². The summed E-state index contributed by atoms with van der Waals surface area (Å²) in [6.07, 6.45) is 6.66. The number of hydrogen-bond acceptors (Lipinski definition) is 9. The summed E-state index contributed by atoms with van der Waals surface area (Å²) >= 11 is 3.64. The molecule has 1 aliphatic rings. The molecule has 0 saturated carbocycles. The van der Waals surface area contributed by atoms with E-state index in [1.54, 1.807) is 25.6 Å². The number of aromatic nitrogens is 4. The Morgan fingerprint density at radius 2 is 2.08 bits per heavy atom. The number of nitrogens with one attached hydrogen (secondary N) is 1. The van der Waals surface area contributed by atoms with Crippen LogP contribution in [-0.4, -0.2) is 63.2 Å². The van der Waals surface area contributed by atoms with Crippen molar-refractivity contribution in [1.29, 1.82) is 0 Å². The van der Waals surface area contributed by atoms with Gasteiger partial charge in [-0.15, -0.1) is 0 Å². The molecule has 37 heavy (non-hydrogen) atoms. The van der Waals surface area contributed by atoms with Crippen molar-refractivity contribution in [3.63, 3.8) is 0 Å². The van der Waals surface area contributed by atoms with Gasteiger partial charge in [0.2, 0.25) is 5.89 Å². The minimum absolute atomic E-state index is 0.200. The minimum Gasteiger partial charge on any atom is -0.444 e. The Bertz CT molecular complexity index is 1350. The Morgan fingerprint density at radius 1 is 1.30 bits per heavy atom. The first-order valence-corrected chi connectivity index (χ1v) is 12.2. The van der Waals surface area contributed by atoms with Gasteiger partial charge < -0.3 is 25.1 Å². The summed E-state index contributed by atoms with van der Waals surface area (Å²) in [5, 5.41) is 8.49. The molecule has 3 aromatic heterocycles. The van der Waals surface area contributed by atoms with Crippen molar-refractivity contribution in [1.82, 2.24) is 19.7 Å². The highest BCUT2D eigenvalue weighted by Crippen LogP contribution is 2.34. The molecule has 5 rings (SSSR count). The lowest BCUT2D eigenvalue weighted by Crippen LogP contribution is -2.40. The molecule has 1 aromatic carbocycles. The molecule has 0 atom stereocenters. The number of rotatable bonds is 7. The molecule has 0 spiro atoms. The van der Waals surface area contributed by atoms with Gasteiger partial charge in [-0.25, -0.2) is 4.98 Å². The van der Waals surface area contributed by atoms with Crippen molar-refractivity contribution in [2.75, 3.05) is 37.0 Å². The van der Waals surface area contributed by atoms with E-state index in [-0.39, 0.29) is 17.6 Å². The number of anilines is 2. The summed E-state index contributed by atoms with van der Waals surface area (Å²) < 4.78 is 19.2. The average molecular weight is 528 g/mol. The number of nitrogens with zero attached hydrogens (tertiary/aromatic N) is 5. The molecule has 0 unspecified atom stereocenters. The SMILES string of the molecule is COCCn1ncc2cc(NC(=O)c3coc(-c4ccnc(C)c4)n3)c(N3CCC(N)CC3)cc21.OCl. The second kappa shape index (κ2) is 12.2. The van der Waals surface area contributed by atoms with Crippen LogP contribution in [0.25, 0.3) is 22.4 Å². The lowest BCUT2D eigenvalue weighted by atomic mass is 10.0. The molecule has 0 bridgehead atoms. The molecule has 1 amide bonds. The Kier molecular flexibility index (Phi) is 8.72. The highest BCUT2D eigenvalue weighted by molar-refractivity contribution is 6.06. The number of oxazole rings is 1. The molecule has 1 fully saturated rings. The van der Waals surface area contributed by atoms with E-state index in [0.717, 1.165) is 53.8 Å². The number of benzene rings is 1.